The molecule has 0 saturated heterocycles. The Hall–Kier alpha value is -0.640. The zero-order valence-corrected chi connectivity index (χ0v) is 12.2. The minimum absolute atomic E-state index is 0.384. The minimum atomic E-state index is 0.384. The summed E-state index contributed by atoms with van der Waals surface area (Å²) in [6.45, 7) is 2.04. The lowest BCUT2D eigenvalue weighted by molar-refractivity contribution is 0.0259. The van der Waals surface area contributed by atoms with Crippen LogP contribution in [-0.4, -0.2) is 48.0 Å². The van der Waals surface area contributed by atoms with Gasteiger partial charge in [0.25, 0.3) is 0 Å². The first-order chi connectivity index (χ1) is 8.52. The highest BCUT2D eigenvalue weighted by Crippen LogP contribution is 2.36. The lowest BCUT2D eigenvalue weighted by Gasteiger charge is -2.49. The number of halogens is 1. The van der Waals surface area contributed by atoms with E-state index in [4.69, 9.17) is 11.6 Å². The lowest BCUT2D eigenvalue weighted by atomic mass is 9.75. The average Bonchev–Trinajstić information content (AvgIpc) is 2.26. The molecule has 0 bridgehead atoms. The van der Waals surface area contributed by atoms with Crippen LogP contribution in [0, 0.1) is 0 Å². The highest BCUT2D eigenvalue weighted by Gasteiger charge is 2.39. The van der Waals surface area contributed by atoms with Crippen molar-refractivity contribution in [3.63, 3.8) is 0 Å². The molecule has 4 heteroatoms. The van der Waals surface area contributed by atoms with Crippen molar-refractivity contribution in [1.82, 2.24) is 14.8 Å². The van der Waals surface area contributed by atoms with Gasteiger partial charge in [0, 0.05) is 24.8 Å². The summed E-state index contributed by atoms with van der Waals surface area (Å²) >= 11 is 5.80. The number of rotatable bonds is 5. The summed E-state index contributed by atoms with van der Waals surface area (Å²) in [5.74, 6) is 0. The smallest absolute Gasteiger partial charge is 0.129 e. The van der Waals surface area contributed by atoms with Crippen LogP contribution >= 0.6 is 11.6 Å². The van der Waals surface area contributed by atoms with Gasteiger partial charge < -0.3 is 9.80 Å². The monoisotopic (exact) mass is 267 g/mol. The average molecular weight is 268 g/mol. The third kappa shape index (κ3) is 3.02. The Morgan fingerprint density at radius 3 is 2.44 bits per heavy atom. The Kier molecular flexibility index (Phi) is 4.25. The van der Waals surface area contributed by atoms with Crippen LogP contribution in [0.15, 0.2) is 18.3 Å². The van der Waals surface area contributed by atoms with Crippen LogP contribution < -0.4 is 0 Å². The predicted molar refractivity (Wildman–Crippen MR) is 75.9 cm³/mol. The Labute approximate surface area is 115 Å². The molecule has 1 saturated carbocycles. The van der Waals surface area contributed by atoms with Crippen molar-refractivity contribution < 1.29 is 0 Å². The molecule has 1 aromatic rings. The van der Waals surface area contributed by atoms with E-state index in [0.717, 1.165) is 13.1 Å². The van der Waals surface area contributed by atoms with E-state index in [-0.39, 0.29) is 0 Å². The van der Waals surface area contributed by atoms with Crippen LogP contribution in [0.2, 0.25) is 5.15 Å². The van der Waals surface area contributed by atoms with Gasteiger partial charge in [-0.3, -0.25) is 0 Å². The summed E-state index contributed by atoms with van der Waals surface area (Å²) in [6.07, 6.45) is 5.84. The molecular formula is C14H22ClN3. The van der Waals surface area contributed by atoms with Crippen molar-refractivity contribution in [3.8, 4) is 0 Å². The van der Waals surface area contributed by atoms with Gasteiger partial charge in [-0.05, 0) is 52.0 Å². The fourth-order valence-electron chi connectivity index (χ4n) is 2.70. The molecule has 0 spiro atoms. The van der Waals surface area contributed by atoms with Gasteiger partial charge in [0.05, 0.1) is 0 Å². The molecule has 0 aromatic carbocycles. The Balaban J connectivity index is 1.92. The number of hydrogen-bond acceptors (Lipinski definition) is 3. The number of hydrogen-bond donors (Lipinski definition) is 0. The molecular weight excluding hydrogens is 246 g/mol. The van der Waals surface area contributed by atoms with E-state index in [9.17, 15) is 0 Å². The first kappa shape index (κ1) is 13.8. The van der Waals surface area contributed by atoms with Crippen molar-refractivity contribution in [2.75, 3.05) is 27.7 Å². The number of aromatic nitrogens is 1. The summed E-state index contributed by atoms with van der Waals surface area (Å²) in [7, 11) is 6.56. The quantitative estimate of drug-likeness (QED) is 0.765. The van der Waals surface area contributed by atoms with Gasteiger partial charge in [0.1, 0.15) is 5.15 Å². The van der Waals surface area contributed by atoms with Crippen LogP contribution in [-0.2, 0) is 6.54 Å². The Bertz CT molecular complexity index is 385. The molecule has 0 atom stereocenters. The summed E-state index contributed by atoms with van der Waals surface area (Å²) in [5.41, 5.74) is 1.60. The minimum Gasteiger partial charge on any atom is -0.302 e. The molecule has 0 N–H and O–H groups in total. The normalized spacial score (nSPS) is 18.1. The third-order valence-electron chi connectivity index (χ3n) is 4.04. The fraction of sp³-hybridized carbons (Fsp3) is 0.643. The summed E-state index contributed by atoms with van der Waals surface area (Å²) in [6, 6.07) is 3.91. The second-order valence-corrected chi connectivity index (χ2v) is 6.02. The topological polar surface area (TPSA) is 19.4 Å². The SMILES string of the molecule is CN(Cc1ccc(Cl)nc1)CC1(N(C)C)CCC1. The molecule has 0 unspecified atom stereocenters. The third-order valence-corrected chi connectivity index (χ3v) is 4.26. The van der Waals surface area contributed by atoms with Gasteiger partial charge in [-0.15, -0.1) is 0 Å². The molecule has 1 aliphatic carbocycles. The van der Waals surface area contributed by atoms with Crippen LogP contribution in [0.1, 0.15) is 24.8 Å². The Morgan fingerprint density at radius 2 is 2.00 bits per heavy atom. The van der Waals surface area contributed by atoms with E-state index in [2.05, 4.69) is 42.0 Å². The molecule has 18 heavy (non-hydrogen) atoms. The van der Waals surface area contributed by atoms with E-state index in [1.54, 1.807) is 0 Å². The van der Waals surface area contributed by atoms with Crippen molar-refractivity contribution in [3.05, 3.63) is 29.0 Å². The molecule has 1 aliphatic rings. The largest absolute Gasteiger partial charge is 0.302 e. The first-order valence-corrected chi connectivity index (χ1v) is 6.86. The standard InChI is InChI=1S/C14H22ClN3/c1-17(2)14(7-4-8-14)11-18(3)10-12-5-6-13(15)16-9-12/h5-6,9H,4,7-8,10-11H2,1-3H3. The number of likely N-dealkylation sites (N-methyl/N-ethyl adjacent to an activating group) is 2. The van der Waals surface area contributed by atoms with Gasteiger partial charge in [0.15, 0.2) is 0 Å². The molecule has 100 valence electrons. The van der Waals surface area contributed by atoms with Crippen LogP contribution in [0.25, 0.3) is 0 Å². The zero-order valence-electron chi connectivity index (χ0n) is 11.5. The fourth-order valence-corrected chi connectivity index (χ4v) is 2.81. The predicted octanol–water partition coefficient (Wildman–Crippen LogP) is 2.65. The summed E-state index contributed by atoms with van der Waals surface area (Å²) < 4.78 is 0. The van der Waals surface area contributed by atoms with E-state index >= 15 is 0 Å². The molecule has 1 fully saturated rings. The molecule has 0 radical (unpaired) electrons. The second-order valence-electron chi connectivity index (χ2n) is 5.63. The highest BCUT2D eigenvalue weighted by molar-refractivity contribution is 6.29. The van der Waals surface area contributed by atoms with Gasteiger partial charge in [0.2, 0.25) is 0 Å². The maximum Gasteiger partial charge on any atom is 0.129 e. The number of pyridine rings is 1. The van der Waals surface area contributed by atoms with E-state index in [1.807, 2.05) is 12.3 Å². The van der Waals surface area contributed by atoms with Crippen molar-refractivity contribution in [1.29, 1.82) is 0 Å². The van der Waals surface area contributed by atoms with Gasteiger partial charge in [-0.2, -0.15) is 0 Å². The Morgan fingerprint density at radius 1 is 1.28 bits per heavy atom. The lowest BCUT2D eigenvalue weighted by Crippen LogP contribution is -2.56. The van der Waals surface area contributed by atoms with Crippen molar-refractivity contribution >= 4 is 11.6 Å². The van der Waals surface area contributed by atoms with Gasteiger partial charge >= 0.3 is 0 Å². The maximum atomic E-state index is 5.80. The molecule has 0 amide bonds. The van der Waals surface area contributed by atoms with E-state index < -0.39 is 0 Å². The van der Waals surface area contributed by atoms with Gasteiger partial charge in [-0.1, -0.05) is 17.7 Å². The molecule has 3 nitrogen and oxygen atoms in total. The van der Waals surface area contributed by atoms with Crippen LogP contribution in [0.3, 0.4) is 0 Å². The first-order valence-electron chi connectivity index (χ1n) is 6.48. The van der Waals surface area contributed by atoms with E-state index in [0.29, 0.717) is 10.7 Å². The van der Waals surface area contributed by atoms with Crippen LogP contribution in [0.4, 0.5) is 0 Å². The van der Waals surface area contributed by atoms with Crippen molar-refractivity contribution in [2.45, 2.75) is 31.3 Å². The van der Waals surface area contributed by atoms with Gasteiger partial charge in [-0.25, -0.2) is 4.98 Å². The van der Waals surface area contributed by atoms with E-state index in [1.165, 1.54) is 24.8 Å². The molecule has 1 aromatic heterocycles. The zero-order chi connectivity index (χ0) is 13.2. The molecule has 0 aliphatic heterocycles. The molecule has 2 rings (SSSR count). The highest BCUT2D eigenvalue weighted by atomic mass is 35.5. The molecule has 1 heterocycles. The summed E-state index contributed by atoms with van der Waals surface area (Å²) in [4.78, 5) is 8.89. The second kappa shape index (κ2) is 5.55. The van der Waals surface area contributed by atoms with Crippen LogP contribution in [0.5, 0.6) is 0 Å². The summed E-state index contributed by atoms with van der Waals surface area (Å²) in [5, 5.41) is 0.560. The number of nitrogens with zero attached hydrogens (tertiary/aromatic N) is 3. The maximum absolute atomic E-state index is 5.80. The van der Waals surface area contributed by atoms with Crippen molar-refractivity contribution in [2.24, 2.45) is 0 Å².